The minimum absolute atomic E-state index is 0.0368. The van der Waals surface area contributed by atoms with E-state index in [1.165, 1.54) is 353 Å². The van der Waals surface area contributed by atoms with Crippen LogP contribution in [0.4, 0.5) is 0 Å². The number of allylic oxidation sites excluding steroid dienone is 2. The molecule has 518 valence electrons. The predicted octanol–water partition coefficient (Wildman–Crippen LogP) is 25.5. The van der Waals surface area contributed by atoms with Crippen molar-refractivity contribution < 1.29 is 42.1 Å². The Morgan fingerprint density at radius 1 is 0.345 bits per heavy atom. The minimum atomic E-state index is -4.39. The van der Waals surface area contributed by atoms with E-state index in [1.54, 1.807) is 0 Å². The Hall–Kier alpha value is -1.25. The van der Waals surface area contributed by atoms with Crippen LogP contribution in [0.2, 0.25) is 0 Å². The normalized spacial score (nSPS) is 13.0. The molecule has 0 fully saturated rings. The van der Waals surface area contributed by atoms with Crippen LogP contribution in [0.25, 0.3) is 0 Å². The van der Waals surface area contributed by atoms with Gasteiger partial charge in [0.15, 0.2) is 6.10 Å². The van der Waals surface area contributed by atoms with Gasteiger partial charge in [0.1, 0.15) is 19.8 Å². The van der Waals surface area contributed by atoms with Gasteiger partial charge in [-0.25, -0.2) is 4.57 Å². The maximum Gasteiger partial charge on any atom is 0.472 e. The van der Waals surface area contributed by atoms with Gasteiger partial charge in [-0.3, -0.25) is 18.6 Å². The Morgan fingerprint density at radius 2 is 0.586 bits per heavy atom. The van der Waals surface area contributed by atoms with Crippen LogP contribution in [0.5, 0.6) is 0 Å². The fourth-order valence-corrected chi connectivity index (χ4v) is 12.8. The van der Waals surface area contributed by atoms with Crippen LogP contribution in [0.1, 0.15) is 418 Å². The monoisotopic (exact) mass is 1250 g/mol. The number of hydrogen-bond donors (Lipinski definition) is 1. The third-order valence-electron chi connectivity index (χ3n) is 18.0. The van der Waals surface area contributed by atoms with Crippen LogP contribution in [0.15, 0.2) is 12.2 Å². The van der Waals surface area contributed by atoms with Gasteiger partial charge in [-0.05, 0) is 38.5 Å². The number of carbonyl (C=O) groups excluding carboxylic acids is 2. The fraction of sp³-hybridized carbons (Fsp3) is 0.948. The standard InChI is InChI=1S/C77H152NO8P/c1-6-8-10-12-14-16-18-20-22-24-26-28-30-32-34-36-38-40-41-43-45-47-49-51-53-55-57-59-61-63-65-67-69-76(79)83-73-75(74-85-87(81,82)84-72-71-78(3,4)5)86-77(80)70-68-66-64-62-60-58-56-54-52-50-48-46-44-42-39-37-35-33-31-29-27-25-23-21-19-17-15-13-11-9-7-2/h25,27,75H,6-24,26,28-74H2,1-5H3/p+1/b27-25-. The third kappa shape index (κ3) is 73.7. The highest BCUT2D eigenvalue weighted by molar-refractivity contribution is 7.47. The maximum atomic E-state index is 12.9. The second-order valence-electron chi connectivity index (χ2n) is 28.1. The molecule has 0 spiro atoms. The van der Waals surface area contributed by atoms with E-state index < -0.39 is 26.5 Å². The van der Waals surface area contributed by atoms with Crippen molar-refractivity contribution in [1.29, 1.82) is 0 Å². The molecule has 0 aromatic heterocycles. The molecule has 1 N–H and O–H groups in total. The Morgan fingerprint density at radius 3 is 0.851 bits per heavy atom. The summed E-state index contributed by atoms with van der Waals surface area (Å²) in [5.41, 5.74) is 0. The van der Waals surface area contributed by atoms with Gasteiger partial charge in [0.25, 0.3) is 0 Å². The highest BCUT2D eigenvalue weighted by atomic mass is 31.2. The van der Waals surface area contributed by atoms with E-state index in [-0.39, 0.29) is 25.6 Å². The number of phosphoric acid groups is 1. The molecule has 0 saturated carbocycles. The van der Waals surface area contributed by atoms with Crippen molar-refractivity contribution in [3.05, 3.63) is 12.2 Å². The summed E-state index contributed by atoms with van der Waals surface area (Å²) < 4.78 is 34.8. The van der Waals surface area contributed by atoms with E-state index in [4.69, 9.17) is 18.5 Å². The van der Waals surface area contributed by atoms with Gasteiger partial charge in [0.05, 0.1) is 27.7 Å². The summed E-state index contributed by atoms with van der Waals surface area (Å²) in [6.45, 7) is 4.53. The first kappa shape index (κ1) is 85.8. The lowest BCUT2D eigenvalue weighted by atomic mass is 10.0. The quantitative estimate of drug-likeness (QED) is 0.0211. The lowest BCUT2D eigenvalue weighted by molar-refractivity contribution is -0.870. The average molecular weight is 1250 g/mol. The van der Waals surface area contributed by atoms with Crippen molar-refractivity contribution in [2.24, 2.45) is 0 Å². The van der Waals surface area contributed by atoms with E-state index in [2.05, 4.69) is 26.0 Å². The number of likely N-dealkylation sites (N-methyl/N-ethyl adjacent to an activating group) is 1. The molecule has 0 rings (SSSR count). The summed E-state index contributed by atoms with van der Waals surface area (Å²) in [4.78, 5) is 35.9. The number of carbonyl (C=O) groups is 2. The first-order valence-corrected chi connectivity index (χ1v) is 40.4. The highest BCUT2D eigenvalue weighted by Gasteiger charge is 2.27. The van der Waals surface area contributed by atoms with E-state index in [1.807, 2.05) is 21.1 Å². The number of quaternary nitrogens is 1. The summed E-state index contributed by atoms with van der Waals surface area (Å²) >= 11 is 0. The molecule has 0 aromatic rings. The van der Waals surface area contributed by atoms with Crippen molar-refractivity contribution in [1.82, 2.24) is 0 Å². The zero-order valence-electron chi connectivity index (χ0n) is 59.3. The molecule has 9 nitrogen and oxygen atoms in total. The first-order valence-electron chi connectivity index (χ1n) is 38.9. The average Bonchev–Trinajstić information content (AvgIpc) is 3.62. The van der Waals surface area contributed by atoms with Crippen LogP contribution in [-0.2, 0) is 32.7 Å². The molecule has 0 aromatic carbocycles. The minimum Gasteiger partial charge on any atom is -0.462 e. The molecule has 0 bridgehead atoms. The largest absolute Gasteiger partial charge is 0.472 e. The van der Waals surface area contributed by atoms with Gasteiger partial charge in [0.2, 0.25) is 0 Å². The Bertz CT molecular complexity index is 1470. The Kier molecular flexibility index (Phi) is 68.1. The molecule has 2 atom stereocenters. The third-order valence-corrected chi connectivity index (χ3v) is 19.0. The predicted molar refractivity (Wildman–Crippen MR) is 377 cm³/mol. The number of unbranched alkanes of at least 4 members (excludes halogenated alkanes) is 58. The van der Waals surface area contributed by atoms with Crippen LogP contribution >= 0.6 is 7.82 Å². The molecule has 0 heterocycles. The smallest absolute Gasteiger partial charge is 0.462 e. The maximum absolute atomic E-state index is 12.9. The van der Waals surface area contributed by atoms with Crippen molar-refractivity contribution in [3.63, 3.8) is 0 Å². The van der Waals surface area contributed by atoms with Crippen LogP contribution in [0.3, 0.4) is 0 Å². The molecular formula is C77H153NO8P+. The number of ether oxygens (including phenoxy) is 2. The fourth-order valence-electron chi connectivity index (χ4n) is 12.1. The van der Waals surface area contributed by atoms with Gasteiger partial charge in [0, 0.05) is 12.8 Å². The number of nitrogens with zero attached hydrogens (tertiary/aromatic N) is 1. The van der Waals surface area contributed by atoms with Gasteiger partial charge < -0.3 is 18.9 Å². The second kappa shape index (κ2) is 69.1. The number of hydrogen-bond acceptors (Lipinski definition) is 7. The summed E-state index contributed by atoms with van der Waals surface area (Å²) in [5, 5.41) is 0. The first-order chi connectivity index (χ1) is 42.5. The van der Waals surface area contributed by atoms with Crippen LogP contribution in [-0.4, -0.2) is 74.9 Å². The van der Waals surface area contributed by atoms with Gasteiger partial charge in [-0.15, -0.1) is 0 Å². The summed E-state index contributed by atoms with van der Waals surface area (Å²) in [6.07, 6.45) is 86.4. The van der Waals surface area contributed by atoms with E-state index in [0.29, 0.717) is 17.4 Å². The molecule has 0 radical (unpaired) electrons. The molecular weight excluding hydrogens is 1100 g/mol. The topological polar surface area (TPSA) is 108 Å². The van der Waals surface area contributed by atoms with Crippen molar-refractivity contribution in [3.8, 4) is 0 Å². The second-order valence-corrected chi connectivity index (χ2v) is 29.6. The van der Waals surface area contributed by atoms with Crippen LogP contribution in [0, 0.1) is 0 Å². The zero-order chi connectivity index (χ0) is 63.4. The molecule has 10 heteroatoms. The van der Waals surface area contributed by atoms with Crippen molar-refractivity contribution in [2.75, 3.05) is 47.5 Å². The Labute approximate surface area is 543 Å². The zero-order valence-corrected chi connectivity index (χ0v) is 60.2. The molecule has 0 amide bonds. The van der Waals surface area contributed by atoms with Crippen molar-refractivity contribution >= 4 is 19.8 Å². The number of phosphoric ester groups is 1. The van der Waals surface area contributed by atoms with E-state index >= 15 is 0 Å². The van der Waals surface area contributed by atoms with Crippen molar-refractivity contribution in [2.45, 2.75) is 424 Å². The van der Waals surface area contributed by atoms with Gasteiger partial charge >= 0.3 is 19.8 Å². The summed E-state index contributed by atoms with van der Waals surface area (Å²) in [7, 11) is 1.51. The van der Waals surface area contributed by atoms with E-state index in [9.17, 15) is 19.0 Å². The number of esters is 2. The molecule has 0 aliphatic heterocycles. The summed E-state index contributed by atoms with van der Waals surface area (Å²) in [5.74, 6) is -0.768. The van der Waals surface area contributed by atoms with Gasteiger partial charge in [-0.2, -0.15) is 0 Å². The summed E-state index contributed by atoms with van der Waals surface area (Å²) in [6, 6.07) is 0. The van der Waals surface area contributed by atoms with Crippen LogP contribution < -0.4 is 0 Å². The molecule has 87 heavy (non-hydrogen) atoms. The molecule has 2 unspecified atom stereocenters. The Balaban J connectivity index is 3.92. The molecule has 0 saturated heterocycles. The molecule has 0 aliphatic carbocycles. The molecule has 0 aliphatic rings. The van der Waals surface area contributed by atoms with E-state index in [0.717, 1.165) is 38.5 Å². The number of rotatable bonds is 74. The lowest BCUT2D eigenvalue weighted by Crippen LogP contribution is -2.37. The van der Waals surface area contributed by atoms with Gasteiger partial charge in [-0.1, -0.05) is 379 Å². The highest BCUT2D eigenvalue weighted by Crippen LogP contribution is 2.43. The lowest BCUT2D eigenvalue weighted by Gasteiger charge is -2.24. The SMILES string of the molecule is CCCCCCCCCC/C=C\CCCCCCCCCCCCCCCCCCCCCC(=O)OC(COC(=O)CCCCCCCCCCCCCCCCCCCCCCCCCCCCCCCCCC)COP(=O)(O)OCC[N+](C)(C)C.